The lowest BCUT2D eigenvalue weighted by atomic mass is 10.1. The van der Waals surface area contributed by atoms with Gasteiger partial charge in [-0.1, -0.05) is 30.3 Å². The first-order chi connectivity index (χ1) is 11.8. The minimum absolute atomic E-state index is 0.0842. The highest BCUT2D eigenvalue weighted by molar-refractivity contribution is 6.00. The van der Waals surface area contributed by atoms with Crippen molar-refractivity contribution in [3.8, 4) is 0 Å². The van der Waals surface area contributed by atoms with E-state index in [0.717, 1.165) is 17.4 Å². The van der Waals surface area contributed by atoms with E-state index in [9.17, 15) is 19.2 Å². The van der Waals surface area contributed by atoms with Gasteiger partial charge in [0, 0.05) is 6.92 Å². The van der Waals surface area contributed by atoms with E-state index in [4.69, 9.17) is 9.47 Å². The molecule has 8 heteroatoms. The highest BCUT2D eigenvalue weighted by atomic mass is 16.6. The topological polar surface area (TPSA) is 102 Å². The van der Waals surface area contributed by atoms with Gasteiger partial charge in [-0.15, -0.1) is 0 Å². The van der Waals surface area contributed by atoms with Crippen LogP contribution in [0, 0.1) is 0 Å². The summed E-state index contributed by atoms with van der Waals surface area (Å²) in [7, 11) is 0. The normalized spacial score (nSPS) is 20.6. The van der Waals surface area contributed by atoms with Gasteiger partial charge in [-0.2, -0.15) is 0 Å². The van der Waals surface area contributed by atoms with Gasteiger partial charge in [-0.3, -0.25) is 9.59 Å². The average Bonchev–Trinajstić information content (AvgIpc) is 2.87. The maximum absolute atomic E-state index is 12.4. The number of hydrogen-bond donors (Lipinski definition) is 1. The van der Waals surface area contributed by atoms with E-state index in [0.29, 0.717) is 0 Å². The summed E-state index contributed by atoms with van der Waals surface area (Å²) in [5, 5.41) is 2.45. The number of ether oxygens (including phenoxy) is 2. The molecule has 1 saturated heterocycles. The fourth-order valence-electron chi connectivity index (χ4n) is 2.47. The molecule has 0 saturated carbocycles. The molecule has 0 bridgehead atoms. The number of nitrogens with one attached hydrogen (secondary N) is 1. The molecule has 134 valence electrons. The standard InChI is InChI=1S/C17H20N2O6/c1-10(16(22)24-9-13-7-5-4-6-8-13)18-15(21)14-11(2)25-17(23)19(14)12(3)20/h4-8,10-11,14H,9H2,1-3H3,(H,18,21)/t10-,11-,14+/m0/s1. The fourth-order valence-corrected chi connectivity index (χ4v) is 2.47. The fraction of sp³-hybridized carbons (Fsp3) is 0.412. The van der Waals surface area contributed by atoms with Crippen molar-refractivity contribution in [2.45, 2.75) is 45.6 Å². The third kappa shape index (κ3) is 4.34. The van der Waals surface area contributed by atoms with Crippen molar-refractivity contribution in [3.05, 3.63) is 35.9 Å². The maximum Gasteiger partial charge on any atom is 0.417 e. The van der Waals surface area contributed by atoms with Gasteiger partial charge in [0.1, 0.15) is 18.8 Å². The number of amides is 3. The lowest BCUT2D eigenvalue weighted by Gasteiger charge is -2.21. The number of imide groups is 1. The number of hydrogen-bond acceptors (Lipinski definition) is 6. The molecule has 1 fully saturated rings. The lowest BCUT2D eigenvalue weighted by molar-refractivity contribution is -0.149. The SMILES string of the molecule is CC(=O)N1C(=O)O[C@@H](C)[C@@H]1C(=O)N[C@@H](C)C(=O)OCc1ccccc1. The van der Waals surface area contributed by atoms with E-state index in [2.05, 4.69) is 5.32 Å². The van der Waals surface area contributed by atoms with Gasteiger partial charge in [0.25, 0.3) is 0 Å². The Morgan fingerprint density at radius 1 is 1.28 bits per heavy atom. The van der Waals surface area contributed by atoms with E-state index in [1.54, 1.807) is 0 Å². The van der Waals surface area contributed by atoms with Crippen molar-refractivity contribution in [2.24, 2.45) is 0 Å². The Balaban J connectivity index is 1.93. The molecular formula is C17H20N2O6. The Morgan fingerprint density at radius 2 is 1.92 bits per heavy atom. The summed E-state index contributed by atoms with van der Waals surface area (Å²) in [5.41, 5.74) is 0.820. The second-order valence-electron chi connectivity index (χ2n) is 5.75. The smallest absolute Gasteiger partial charge is 0.417 e. The quantitative estimate of drug-likeness (QED) is 0.796. The molecule has 0 unspecified atom stereocenters. The van der Waals surface area contributed by atoms with Gasteiger partial charge in [0.15, 0.2) is 6.04 Å². The number of carbonyl (C=O) groups is 4. The van der Waals surface area contributed by atoms with Crippen LogP contribution in [0.25, 0.3) is 0 Å². The zero-order valence-electron chi connectivity index (χ0n) is 14.2. The molecule has 1 aromatic carbocycles. The zero-order chi connectivity index (χ0) is 18.6. The average molecular weight is 348 g/mol. The molecule has 3 amide bonds. The van der Waals surface area contributed by atoms with E-state index in [-0.39, 0.29) is 6.61 Å². The van der Waals surface area contributed by atoms with Crippen LogP contribution in [0.3, 0.4) is 0 Å². The van der Waals surface area contributed by atoms with Crippen LogP contribution in [0.5, 0.6) is 0 Å². The van der Waals surface area contributed by atoms with Crippen molar-refractivity contribution >= 4 is 23.9 Å². The predicted octanol–water partition coefficient (Wildman–Crippen LogP) is 0.990. The minimum Gasteiger partial charge on any atom is -0.459 e. The van der Waals surface area contributed by atoms with Gasteiger partial charge < -0.3 is 14.8 Å². The van der Waals surface area contributed by atoms with E-state index in [1.807, 2.05) is 30.3 Å². The Morgan fingerprint density at radius 3 is 2.52 bits per heavy atom. The summed E-state index contributed by atoms with van der Waals surface area (Å²) in [6.07, 6.45) is -1.68. The molecule has 1 aliphatic rings. The van der Waals surface area contributed by atoms with E-state index < -0.39 is 42.1 Å². The largest absolute Gasteiger partial charge is 0.459 e. The summed E-state index contributed by atoms with van der Waals surface area (Å²) in [4.78, 5) is 48.3. The maximum atomic E-state index is 12.4. The third-order valence-corrected chi connectivity index (χ3v) is 3.75. The number of nitrogens with zero attached hydrogens (tertiary/aromatic N) is 1. The van der Waals surface area contributed by atoms with Crippen LogP contribution in [0.15, 0.2) is 30.3 Å². The molecule has 1 heterocycles. The lowest BCUT2D eigenvalue weighted by Crippen LogP contribution is -2.53. The summed E-state index contributed by atoms with van der Waals surface area (Å²) in [6, 6.07) is 7.06. The van der Waals surface area contributed by atoms with Crippen molar-refractivity contribution in [1.29, 1.82) is 0 Å². The molecule has 3 atom stereocenters. The van der Waals surface area contributed by atoms with Crippen LogP contribution in [0.1, 0.15) is 26.3 Å². The van der Waals surface area contributed by atoms with Crippen LogP contribution >= 0.6 is 0 Å². The Hall–Kier alpha value is -2.90. The minimum atomic E-state index is -1.12. The molecule has 8 nitrogen and oxygen atoms in total. The second-order valence-corrected chi connectivity index (χ2v) is 5.75. The van der Waals surface area contributed by atoms with E-state index in [1.165, 1.54) is 13.8 Å². The Labute approximate surface area is 145 Å². The van der Waals surface area contributed by atoms with Gasteiger partial charge in [-0.05, 0) is 19.4 Å². The van der Waals surface area contributed by atoms with Gasteiger partial charge in [-0.25, -0.2) is 14.5 Å². The Bertz CT molecular complexity index is 675. The molecular weight excluding hydrogens is 328 g/mol. The highest BCUT2D eigenvalue weighted by Crippen LogP contribution is 2.20. The zero-order valence-corrected chi connectivity index (χ0v) is 14.2. The molecule has 2 rings (SSSR count). The molecule has 0 aromatic heterocycles. The van der Waals surface area contributed by atoms with E-state index >= 15 is 0 Å². The van der Waals surface area contributed by atoms with Gasteiger partial charge in [0.2, 0.25) is 11.8 Å². The van der Waals surface area contributed by atoms with Crippen molar-refractivity contribution in [1.82, 2.24) is 10.2 Å². The summed E-state index contributed by atoms with van der Waals surface area (Å²) < 4.78 is 10.0. The molecule has 25 heavy (non-hydrogen) atoms. The summed E-state index contributed by atoms with van der Waals surface area (Å²) in [6.45, 7) is 4.22. The first kappa shape index (κ1) is 18.4. The Kier molecular flexibility index (Phi) is 5.74. The number of carbonyl (C=O) groups excluding carboxylic acids is 4. The first-order valence-corrected chi connectivity index (χ1v) is 7.82. The predicted molar refractivity (Wildman–Crippen MR) is 86.1 cm³/mol. The van der Waals surface area contributed by atoms with Crippen molar-refractivity contribution < 1.29 is 28.7 Å². The summed E-state index contributed by atoms with van der Waals surface area (Å²) in [5.74, 6) is -1.88. The molecule has 1 aliphatic heterocycles. The van der Waals surface area contributed by atoms with Gasteiger partial charge in [0.05, 0.1) is 0 Å². The molecule has 0 aliphatic carbocycles. The van der Waals surface area contributed by atoms with Crippen molar-refractivity contribution in [3.63, 3.8) is 0 Å². The second kappa shape index (κ2) is 7.78. The van der Waals surface area contributed by atoms with Crippen LogP contribution < -0.4 is 5.32 Å². The molecule has 1 aromatic rings. The number of cyclic esters (lactones) is 1. The third-order valence-electron chi connectivity index (χ3n) is 3.75. The van der Waals surface area contributed by atoms with Crippen LogP contribution in [0.4, 0.5) is 4.79 Å². The molecule has 1 N–H and O–H groups in total. The molecule has 0 spiro atoms. The number of esters is 1. The number of benzene rings is 1. The highest BCUT2D eigenvalue weighted by Gasteiger charge is 2.46. The summed E-state index contributed by atoms with van der Waals surface area (Å²) >= 11 is 0. The monoisotopic (exact) mass is 348 g/mol. The van der Waals surface area contributed by atoms with Crippen LogP contribution in [0.2, 0.25) is 0 Å². The van der Waals surface area contributed by atoms with Crippen LogP contribution in [-0.4, -0.2) is 47.0 Å². The molecule has 0 radical (unpaired) electrons. The first-order valence-electron chi connectivity index (χ1n) is 7.82. The van der Waals surface area contributed by atoms with Crippen LogP contribution in [-0.2, 0) is 30.5 Å². The van der Waals surface area contributed by atoms with Crippen molar-refractivity contribution in [2.75, 3.05) is 0 Å². The number of rotatable bonds is 5. The van der Waals surface area contributed by atoms with Gasteiger partial charge >= 0.3 is 12.1 Å².